The Balaban J connectivity index is 2.96. The van der Waals surface area contributed by atoms with Crippen molar-refractivity contribution in [3.63, 3.8) is 0 Å². The summed E-state index contributed by atoms with van der Waals surface area (Å²) in [6, 6.07) is 0. The van der Waals surface area contributed by atoms with Crippen molar-refractivity contribution in [2.24, 2.45) is 11.7 Å². The fourth-order valence-electron chi connectivity index (χ4n) is 1.78. The Morgan fingerprint density at radius 3 is 3.00 bits per heavy atom. The molecule has 2 N–H and O–H groups in total. The average Bonchev–Trinajstić information content (AvgIpc) is 2.16. The summed E-state index contributed by atoms with van der Waals surface area (Å²) >= 11 is 0. The molecular formula is C12H19N. The highest BCUT2D eigenvalue weighted by Gasteiger charge is 2.12. The second-order valence-electron chi connectivity index (χ2n) is 3.57. The van der Waals surface area contributed by atoms with Crippen LogP contribution in [0.15, 0.2) is 35.5 Å². The first-order chi connectivity index (χ1) is 6.29. The third-order valence-electron chi connectivity index (χ3n) is 2.55. The molecule has 0 aromatic rings. The molecule has 0 saturated carbocycles. The quantitative estimate of drug-likeness (QED) is 0.689. The van der Waals surface area contributed by atoms with Gasteiger partial charge in [0.15, 0.2) is 0 Å². The van der Waals surface area contributed by atoms with E-state index in [1.54, 1.807) is 0 Å². The summed E-state index contributed by atoms with van der Waals surface area (Å²) in [5.41, 5.74) is 8.42. The normalized spacial score (nSPS) is 26.8. The molecular weight excluding hydrogens is 158 g/mol. The van der Waals surface area contributed by atoms with Crippen molar-refractivity contribution in [3.05, 3.63) is 35.5 Å². The fraction of sp³-hybridized carbons (Fsp3) is 0.500. The first-order valence-electron chi connectivity index (χ1n) is 5.02. The van der Waals surface area contributed by atoms with Crippen molar-refractivity contribution >= 4 is 0 Å². The van der Waals surface area contributed by atoms with Crippen LogP contribution in [0.25, 0.3) is 0 Å². The lowest BCUT2D eigenvalue weighted by Gasteiger charge is -2.19. The smallest absolute Gasteiger partial charge is 0.0180 e. The average molecular weight is 177 g/mol. The van der Waals surface area contributed by atoms with Crippen molar-refractivity contribution in [1.29, 1.82) is 0 Å². The Labute approximate surface area is 81.0 Å². The molecule has 0 bridgehead atoms. The van der Waals surface area contributed by atoms with E-state index in [-0.39, 0.29) is 0 Å². The summed E-state index contributed by atoms with van der Waals surface area (Å²) in [6.45, 7) is 4.96. The number of nitrogens with two attached hydrogens (primary N) is 1. The molecule has 1 atom stereocenters. The van der Waals surface area contributed by atoms with E-state index in [1.807, 2.05) is 6.92 Å². The van der Waals surface area contributed by atoms with E-state index in [9.17, 15) is 0 Å². The first kappa shape index (κ1) is 10.3. The van der Waals surface area contributed by atoms with Gasteiger partial charge in [-0.2, -0.15) is 0 Å². The van der Waals surface area contributed by atoms with Gasteiger partial charge in [-0.1, -0.05) is 31.2 Å². The molecule has 1 rings (SSSR count). The molecule has 0 aliphatic heterocycles. The van der Waals surface area contributed by atoms with Gasteiger partial charge in [-0.15, -0.1) is 0 Å². The molecule has 1 heteroatoms. The van der Waals surface area contributed by atoms with Gasteiger partial charge in [0.25, 0.3) is 0 Å². The van der Waals surface area contributed by atoms with E-state index in [2.05, 4.69) is 31.2 Å². The van der Waals surface area contributed by atoms with Crippen molar-refractivity contribution < 1.29 is 0 Å². The molecule has 1 nitrogen and oxygen atoms in total. The maximum absolute atomic E-state index is 5.71. The summed E-state index contributed by atoms with van der Waals surface area (Å²) in [7, 11) is 0. The molecule has 0 fully saturated rings. The van der Waals surface area contributed by atoms with Gasteiger partial charge in [0.2, 0.25) is 0 Å². The molecule has 0 amide bonds. The predicted octanol–water partition coefficient (Wildman–Crippen LogP) is 2.80. The van der Waals surface area contributed by atoms with E-state index in [0.717, 1.165) is 0 Å². The number of rotatable bonds is 2. The zero-order chi connectivity index (χ0) is 9.68. The fourth-order valence-corrected chi connectivity index (χ4v) is 1.78. The van der Waals surface area contributed by atoms with Crippen LogP contribution in [-0.2, 0) is 0 Å². The van der Waals surface area contributed by atoms with Crippen molar-refractivity contribution in [3.8, 4) is 0 Å². The molecule has 72 valence electrons. The molecule has 0 aromatic carbocycles. The SMILES string of the molecule is C/C=C\C(CN)=C1\C=CCCC1C. The molecule has 0 spiro atoms. The summed E-state index contributed by atoms with van der Waals surface area (Å²) in [5.74, 6) is 0.666. The standard InChI is InChI=1S/C12H19N/c1-3-6-11(9-13)12-8-5-4-7-10(12)2/h3,5-6,8,10H,4,7,9,13H2,1-2H3/b6-3-,12-11+. The molecule has 1 aliphatic rings. The zero-order valence-corrected chi connectivity index (χ0v) is 8.59. The highest BCUT2D eigenvalue weighted by atomic mass is 14.5. The van der Waals surface area contributed by atoms with Gasteiger partial charge in [-0.3, -0.25) is 0 Å². The van der Waals surface area contributed by atoms with Crippen molar-refractivity contribution in [2.75, 3.05) is 6.54 Å². The van der Waals surface area contributed by atoms with Gasteiger partial charge < -0.3 is 5.73 Å². The summed E-state index contributed by atoms with van der Waals surface area (Å²) in [5, 5.41) is 0. The van der Waals surface area contributed by atoms with Crippen molar-refractivity contribution in [1.82, 2.24) is 0 Å². The third-order valence-corrected chi connectivity index (χ3v) is 2.55. The van der Waals surface area contributed by atoms with Crippen LogP contribution in [0.4, 0.5) is 0 Å². The van der Waals surface area contributed by atoms with Crippen LogP contribution < -0.4 is 5.73 Å². The highest BCUT2D eigenvalue weighted by molar-refractivity contribution is 5.36. The van der Waals surface area contributed by atoms with Gasteiger partial charge in [-0.05, 0) is 36.8 Å². The maximum Gasteiger partial charge on any atom is 0.0180 e. The van der Waals surface area contributed by atoms with Crippen LogP contribution >= 0.6 is 0 Å². The molecule has 1 unspecified atom stereocenters. The summed E-state index contributed by atoms with van der Waals surface area (Å²) < 4.78 is 0. The van der Waals surface area contributed by atoms with Crippen LogP contribution in [0.1, 0.15) is 26.7 Å². The highest BCUT2D eigenvalue weighted by Crippen LogP contribution is 2.26. The molecule has 0 radical (unpaired) electrons. The summed E-state index contributed by atoms with van der Waals surface area (Å²) in [6.07, 6.45) is 11.1. The molecule has 1 aliphatic carbocycles. The Hall–Kier alpha value is -0.820. The van der Waals surface area contributed by atoms with E-state index in [4.69, 9.17) is 5.73 Å². The van der Waals surface area contributed by atoms with Gasteiger partial charge >= 0.3 is 0 Å². The van der Waals surface area contributed by atoms with Gasteiger partial charge in [0.05, 0.1) is 0 Å². The zero-order valence-electron chi connectivity index (χ0n) is 8.59. The third kappa shape index (κ3) is 2.56. The molecule has 0 aromatic heterocycles. The lowest BCUT2D eigenvalue weighted by molar-refractivity contribution is 0.612. The van der Waals surface area contributed by atoms with Crippen LogP contribution in [0.2, 0.25) is 0 Å². The monoisotopic (exact) mass is 177 g/mol. The van der Waals surface area contributed by atoms with Gasteiger partial charge in [0.1, 0.15) is 0 Å². The van der Waals surface area contributed by atoms with Crippen LogP contribution in [0.5, 0.6) is 0 Å². The summed E-state index contributed by atoms with van der Waals surface area (Å²) in [4.78, 5) is 0. The topological polar surface area (TPSA) is 26.0 Å². The Bertz CT molecular complexity index is 246. The Morgan fingerprint density at radius 2 is 2.46 bits per heavy atom. The lowest BCUT2D eigenvalue weighted by atomic mass is 9.87. The molecule has 13 heavy (non-hydrogen) atoms. The van der Waals surface area contributed by atoms with Crippen LogP contribution in [0.3, 0.4) is 0 Å². The minimum absolute atomic E-state index is 0.647. The van der Waals surface area contributed by atoms with E-state index in [1.165, 1.54) is 24.0 Å². The van der Waals surface area contributed by atoms with Gasteiger partial charge in [-0.25, -0.2) is 0 Å². The molecule has 0 saturated heterocycles. The largest absolute Gasteiger partial charge is 0.326 e. The van der Waals surface area contributed by atoms with E-state index < -0.39 is 0 Å². The van der Waals surface area contributed by atoms with Crippen LogP contribution in [0, 0.1) is 5.92 Å². The minimum Gasteiger partial charge on any atom is -0.326 e. The number of allylic oxidation sites excluding steroid dienone is 4. The van der Waals surface area contributed by atoms with E-state index >= 15 is 0 Å². The van der Waals surface area contributed by atoms with Crippen LogP contribution in [-0.4, -0.2) is 6.54 Å². The first-order valence-corrected chi connectivity index (χ1v) is 5.02. The number of hydrogen-bond donors (Lipinski definition) is 1. The van der Waals surface area contributed by atoms with Crippen molar-refractivity contribution in [2.45, 2.75) is 26.7 Å². The predicted molar refractivity (Wildman–Crippen MR) is 58.4 cm³/mol. The van der Waals surface area contributed by atoms with E-state index in [0.29, 0.717) is 12.5 Å². The second kappa shape index (κ2) is 5.03. The van der Waals surface area contributed by atoms with Gasteiger partial charge in [0, 0.05) is 6.54 Å². The molecule has 0 heterocycles. The maximum atomic E-state index is 5.71. The lowest BCUT2D eigenvalue weighted by Crippen LogP contribution is -2.10. The Morgan fingerprint density at radius 1 is 1.69 bits per heavy atom. The Kier molecular flexibility index (Phi) is 3.97. The minimum atomic E-state index is 0.647. The second-order valence-corrected chi connectivity index (χ2v) is 3.57. The number of hydrogen-bond acceptors (Lipinski definition) is 1.